The molecule has 27 heavy (non-hydrogen) atoms. The van der Waals surface area contributed by atoms with E-state index in [-0.39, 0.29) is 18.2 Å². The smallest absolute Gasteiger partial charge is 0.218 e. The number of hydrogen-bond acceptors (Lipinski definition) is 2. The molecule has 1 unspecified atom stereocenters. The Hall–Kier alpha value is -3.40. The largest absolute Gasteiger partial charge is 0.370 e. The summed E-state index contributed by atoms with van der Waals surface area (Å²) < 4.78 is 2.24. The van der Waals surface area contributed by atoms with Crippen molar-refractivity contribution in [1.82, 2.24) is 9.55 Å². The molecule has 2 aromatic heterocycles. The second-order valence-corrected chi connectivity index (χ2v) is 6.72. The van der Waals surface area contributed by atoms with Crippen molar-refractivity contribution in [2.45, 2.75) is 18.9 Å². The van der Waals surface area contributed by atoms with E-state index in [1.807, 2.05) is 48.7 Å². The standard InChI is InChI=1S/C23H21N3O/c24-23(27)13-20(18-9-6-12-25-14-18)21-16-26(15-17-7-2-1-3-8-17)22-11-5-4-10-19(21)22/h1-12,14,16,20H,13,15H2,(H2,24,27). The van der Waals surface area contributed by atoms with Crippen molar-refractivity contribution >= 4 is 16.8 Å². The van der Waals surface area contributed by atoms with Crippen molar-refractivity contribution in [2.75, 3.05) is 0 Å². The van der Waals surface area contributed by atoms with Gasteiger partial charge < -0.3 is 10.3 Å². The maximum atomic E-state index is 11.8. The van der Waals surface area contributed by atoms with Crippen molar-refractivity contribution in [1.29, 1.82) is 0 Å². The molecule has 0 saturated carbocycles. The Balaban J connectivity index is 1.83. The number of aromatic nitrogens is 2. The van der Waals surface area contributed by atoms with Gasteiger partial charge in [-0.15, -0.1) is 0 Å². The van der Waals surface area contributed by atoms with E-state index in [1.54, 1.807) is 6.20 Å². The van der Waals surface area contributed by atoms with Gasteiger partial charge in [-0.05, 0) is 28.8 Å². The van der Waals surface area contributed by atoms with E-state index in [4.69, 9.17) is 5.73 Å². The number of carbonyl (C=O) groups excluding carboxylic acids is 1. The Morgan fingerprint density at radius 1 is 1.00 bits per heavy atom. The first kappa shape index (κ1) is 17.0. The van der Waals surface area contributed by atoms with Gasteiger partial charge in [-0.25, -0.2) is 0 Å². The predicted molar refractivity (Wildman–Crippen MR) is 107 cm³/mol. The second kappa shape index (κ2) is 7.46. The zero-order valence-electron chi connectivity index (χ0n) is 15.0. The highest BCUT2D eigenvalue weighted by Gasteiger charge is 2.22. The van der Waals surface area contributed by atoms with E-state index in [0.717, 1.165) is 28.6 Å². The molecule has 1 atom stereocenters. The van der Waals surface area contributed by atoms with Crippen LogP contribution >= 0.6 is 0 Å². The van der Waals surface area contributed by atoms with Crippen molar-refractivity contribution in [3.63, 3.8) is 0 Å². The first-order chi connectivity index (χ1) is 13.2. The minimum absolute atomic E-state index is 0.113. The first-order valence-corrected chi connectivity index (χ1v) is 9.02. The van der Waals surface area contributed by atoms with Gasteiger partial charge in [-0.1, -0.05) is 54.6 Å². The number of rotatable bonds is 6. The summed E-state index contributed by atoms with van der Waals surface area (Å²) in [6, 6.07) is 22.6. The molecule has 0 bridgehead atoms. The van der Waals surface area contributed by atoms with Crippen LogP contribution in [-0.2, 0) is 11.3 Å². The van der Waals surface area contributed by atoms with Gasteiger partial charge in [-0.2, -0.15) is 0 Å². The van der Waals surface area contributed by atoms with Gasteiger partial charge in [0, 0.05) is 48.4 Å². The van der Waals surface area contributed by atoms with Gasteiger partial charge in [0.25, 0.3) is 0 Å². The summed E-state index contributed by atoms with van der Waals surface area (Å²) >= 11 is 0. The van der Waals surface area contributed by atoms with Crippen molar-refractivity contribution in [2.24, 2.45) is 5.73 Å². The molecule has 134 valence electrons. The van der Waals surface area contributed by atoms with E-state index >= 15 is 0 Å². The van der Waals surface area contributed by atoms with Crippen LogP contribution in [0.5, 0.6) is 0 Å². The number of nitrogens with zero attached hydrogens (tertiary/aromatic N) is 2. The fourth-order valence-corrected chi connectivity index (χ4v) is 3.65. The van der Waals surface area contributed by atoms with Crippen LogP contribution in [0.15, 0.2) is 85.3 Å². The Morgan fingerprint density at radius 3 is 2.52 bits per heavy atom. The molecule has 2 N–H and O–H groups in total. The molecule has 4 heteroatoms. The van der Waals surface area contributed by atoms with Crippen LogP contribution in [-0.4, -0.2) is 15.5 Å². The zero-order valence-corrected chi connectivity index (χ0v) is 15.0. The van der Waals surface area contributed by atoms with Crippen LogP contribution in [0.2, 0.25) is 0 Å². The third-order valence-corrected chi connectivity index (χ3v) is 4.88. The molecule has 2 heterocycles. The monoisotopic (exact) mass is 355 g/mol. The third kappa shape index (κ3) is 3.60. The Morgan fingerprint density at radius 2 is 1.78 bits per heavy atom. The summed E-state index contributed by atoms with van der Waals surface area (Å²) in [7, 11) is 0. The van der Waals surface area contributed by atoms with Crippen LogP contribution in [0, 0.1) is 0 Å². The zero-order chi connectivity index (χ0) is 18.6. The molecule has 0 spiro atoms. The van der Waals surface area contributed by atoms with E-state index in [0.29, 0.717) is 0 Å². The van der Waals surface area contributed by atoms with E-state index in [9.17, 15) is 4.79 Å². The topological polar surface area (TPSA) is 60.9 Å². The number of benzene rings is 2. The molecule has 0 aliphatic carbocycles. The average Bonchev–Trinajstić information content (AvgIpc) is 3.06. The lowest BCUT2D eigenvalue weighted by molar-refractivity contribution is -0.118. The van der Waals surface area contributed by atoms with Crippen LogP contribution in [0.4, 0.5) is 0 Å². The lowest BCUT2D eigenvalue weighted by atomic mass is 9.89. The maximum absolute atomic E-state index is 11.8. The summed E-state index contributed by atoms with van der Waals surface area (Å²) in [5, 5.41) is 1.14. The maximum Gasteiger partial charge on any atom is 0.218 e. The predicted octanol–water partition coefficient (Wildman–Crippen LogP) is 4.09. The lowest BCUT2D eigenvalue weighted by Crippen LogP contribution is -2.16. The van der Waals surface area contributed by atoms with Gasteiger partial charge in [0.15, 0.2) is 0 Å². The summed E-state index contributed by atoms with van der Waals surface area (Å²) in [6.45, 7) is 0.775. The number of hydrogen-bond donors (Lipinski definition) is 1. The number of primary amides is 1. The molecule has 4 aromatic rings. The Bertz CT molecular complexity index is 1050. The summed E-state index contributed by atoms with van der Waals surface area (Å²) in [4.78, 5) is 16.0. The second-order valence-electron chi connectivity index (χ2n) is 6.72. The number of nitrogens with two attached hydrogens (primary N) is 1. The highest BCUT2D eigenvalue weighted by atomic mass is 16.1. The Kier molecular flexibility index (Phi) is 4.71. The lowest BCUT2D eigenvalue weighted by Gasteiger charge is -2.15. The molecule has 4 rings (SSSR count). The van der Waals surface area contributed by atoms with Crippen LogP contribution < -0.4 is 5.73 Å². The van der Waals surface area contributed by atoms with Gasteiger partial charge in [0.05, 0.1) is 0 Å². The molecule has 1 amide bonds. The average molecular weight is 355 g/mol. The van der Waals surface area contributed by atoms with E-state index in [2.05, 4.69) is 40.0 Å². The number of amides is 1. The van der Waals surface area contributed by atoms with Crippen LogP contribution in [0.3, 0.4) is 0 Å². The molecule has 0 aliphatic rings. The molecule has 0 saturated heterocycles. The van der Waals surface area contributed by atoms with E-state index in [1.165, 1.54) is 5.56 Å². The number of carbonyl (C=O) groups is 1. The minimum atomic E-state index is -0.316. The van der Waals surface area contributed by atoms with Gasteiger partial charge >= 0.3 is 0 Å². The van der Waals surface area contributed by atoms with Gasteiger partial charge in [0.2, 0.25) is 5.91 Å². The van der Waals surface area contributed by atoms with Crippen molar-refractivity contribution < 1.29 is 4.79 Å². The molecular weight excluding hydrogens is 334 g/mol. The first-order valence-electron chi connectivity index (χ1n) is 9.02. The molecule has 2 aromatic carbocycles. The quantitative estimate of drug-likeness (QED) is 0.566. The SMILES string of the molecule is NC(=O)CC(c1cccnc1)c1cn(Cc2ccccc2)c2ccccc12. The van der Waals surface area contributed by atoms with Crippen molar-refractivity contribution in [3.8, 4) is 0 Å². The van der Waals surface area contributed by atoms with Crippen molar-refractivity contribution in [3.05, 3.63) is 102 Å². The van der Waals surface area contributed by atoms with Crippen LogP contribution in [0.25, 0.3) is 10.9 Å². The normalized spacial score (nSPS) is 12.1. The summed E-state index contributed by atoms with van der Waals surface area (Å²) in [5.74, 6) is -0.429. The van der Waals surface area contributed by atoms with Gasteiger partial charge in [-0.3, -0.25) is 9.78 Å². The fourth-order valence-electron chi connectivity index (χ4n) is 3.65. The number of para-hydroxylation sites is 1. The summed E-state index contributed by atoms with van der Waals surface area (Å²) in [5.41, 5.74) is 10.1. The molecule has 0 radical (unpaired) electrons. The fraction of sp³-hybridized carbons (Fsp3) is 0.130. The number of pyridine rings is 1. The van der Waals surface area contributed by atoms with E-state index < -0.39 is 0 Å². The number of fused-ring (bicyclic) bond motifs is 1. The Labute approximate surface area is 158 Å². The molecule has 0 aliphatic heterocycles. The van der Waals surface area contributed by atoms with Gasteiger partial charge in [0.1, 0.15) is 0 Å². The van der Waals surface area contributed by atoms with Crippen LogP contribution in [0.1, 0.15) is 29.0 Å². The highest BCUT2D eigenvalue weighted by molar-refractivity contribution is 5.86. The minimum Gasteiger partial charge on any atom is -0.370 e. The molecule has 4 nitrogen and oxygen atoms in total. The highest BCUT2D eigenvalue weighted by Crippen LogP contribution is 2.34. The third-order valence-electron chi connectivity index (χ3n) is 4.88. The summed E-state index contributed by atoms with van der Waals surface area (Å²) in [6.07, 6.45) is 5.96. The molecule has 0 fully saturated rings. The molecular formula is C23H21N3O.